The van der Waals surface area contributed by atoms with Gasteiger partial charge in [0.15, 0.2) is 0 Å². The molecule has 1 atom stereocenters. The Hall–Kier alpha value is -1.75. The summed E-state index contributed by atoms with van der Waals surface area (Å²) < 4.78 is 0. The van der Waals surface area contributed by atoms with Crippen molar-refractivity contribution in [3.8, 4) is 10.6 Å². The maximum Gasteiger partial charge on any atom is 0.147 e. The third-order valence-corrected chi connectivity index (χ3v) is 4.49. The molecule has 0 aliphatic rings. The number of aromatic nitrogens is 2. The number of nitrogens with one attached hydrogen (secondary N) is 1. The van der Waals surface area contributed by atoms with Gasteiger partial charge >= 0.3 is 0 Å². The number of hydrogen-bond donors (Lipinski definition) is 1. The van der Waals surface area contributed by atoms with Crippen LogP contribution in [0.3, 0.4) is 0 Å². The van der Waals surface area contributed by atoms with Crippen molar-refractivity contribution in [1.82, 2.24) is 15.5 Å². The molecule has 1 heterocycles. The number of nitrogens with zero attached hydrogens (tertiary/aromatic N) is 2. The number of hydrogen-bond acceptors (Lipinski definition) is 4. The van der Waals surface area contributed by atoms with Crippen LogP contribution >= 0.6 is 22.9 Å². The van der Waals surface area contributed by atoms with Crippen LogP contribution in [0.15, 0.2) is 54.6 Å². The summed E-state index contributed by atoms with van der Waals surface area (Å²) in [5.41, 5.74) is 2.21. The molecule has 0 fully saturated rings. The van der Waals surface area contributed by atoms with Crippen LogP contribution in [0.25, 0.3) is 10.6 Å². The van der Waals surface area contributed by atoms with E-state index in [2.05, 4.69) is 27.6 Å². The molecular formula is C16H14ClN3S. The normalized spacial score (nSPS) is 12.3. The van der Waals surface area contributed by atoms with Gasteiger partial charge in [0, 0.05) is 10.6 Å². The minimum Gasteiger partial charge on any atom is -0.307 e. The van der Waals surface area contributed by atoms with Gasteiger partial charge in [-0.25, -0.2) is 0 Å². The van der Waals surface area contributed by atoms with Crippen molar-refractivity contribution >= 4 is 22.9 Å². The highest BCUT2D eigenvalue weighted by Gasteiger charge is 2.17. The van der Waals surface area contributed by atoms with E-state index in [1.165, 1.54) is 5.56 Å². The van der Waals surface area contributed by atoms with Crippen LogP contribution in [0.2, 0.25) is 5.02 Å². The van der Waals surface area contributed by atoms with E-state index >= 15 is 0 Å². The van der Waals surface area contributed by atoms with E-state index < -0.39 is 0 Å². The van der Waals surface area contributed by atoms with Gasteiger partial charge in [-0.3, -0.25) is 0 Å². The first-order chi connectivity index (χ1) is 10.3. The zero-order valence-corrected chi connectivity index (χ0v) is 13.0. The van der Waals surface area contributed by atoms with E-state index in [4.69, 9.17) is 11.6 Å². The number of halogens is 1. The Bertz CT molecular complexity index is 710. The Morgan fingerprint density at radius 2 is 1.71 bits per heavy atom. The van der Waals surface area contributed by atoms with Crippen LogP contribution in [0.5, 0.6) is 0 Å². The van der Waals surface area contributed by atoms with Gasteiger partial charge in [0.2, 0.25) is 0 Å². The third kappa shape index (κ3) is 3.13. The summed E-state index contributed by atoms with van der Waals surface area (Å²) in [6.45, 7) is 0. The molecule has 1 aromatic heterocycles. The molecule has 0 aliphatic heterocycles. The van der Waals surface area contributed by atoms with Gasteiger partial charge < -0.3 is 5.32 Å². The summed E-state index contributed by atoms with van der Waals surface area (Å²) in [4.78, 5) is 0. The molecule has 106 valence electrons. The van der Waals surface area contributed by atoms with Gasteiger partial charge in [0.25, 0.3) is 0 Å². The van der Waals surface area contributed by atoms with E-state index in [-0.39, 0.29) is 6.04 Å². The largest absolute Gasteiger partial charge is 0.307 e. The summed E-state index contributed by atoms with van der Waals surface area (Å²) in [6.07, 6.45) is 0. The lowest BCUT2D eigenvalue weighted by Crippen LogP contribution is -2.17. The third-order valence-electron chi connectivity index (χ3n) is 3.20. The fraction of sp³-hybridized carbons (Fsp3) is 0.125. The molecule has 0 amide bonds. The Balaban J connectivity index is 1.92. The molecule has 1 N–H and O–H groups in total. The summed E-state index contributed by atoms with van der Waals surface area (Å²) in [7, 11) is 1.93. The summed E-state index contributed by atoms with van der Waals surface area (Å²) >= 11 is 7.51. The predicted octanol–water partition coefficient (Wildman–Crippen LogP) is 4.17. The van der Waals surface area contributed by atoms with E-state index in [1.54, 1.807) is 11.3 Å². The maximum absolute atomic E-state index is 5.91. The van der Waals surface area contributed by atoms with Crippen molar-refractivity contribution < 1.29 is 0 Å². The molecule has 2 aromatic carbocycles. The van der Waals surface area contributed by atoms with Crippen LogP contribution in [0.1, 0.15) is 16.6 Å². The highest BCUT2D eigenvalue weighted by atomic mass is 35.5. The summed E-state index contributed by atoms with van der Waals surface area (Å²) in [5, 5.41) is 14.5. The molecule has 0 saturated carbocycles. The van der Waals surface area contributed by atoms with Crippen LogP contribution in [-0.2, 0) is 0 Å². The Kier molecular flexibility index (Phi) is 4.29. The zero-order valence-electron chi connectivity index (χ0n) is 11.5. The average Bonchev–Trinajstić information content (AvgIpc) is 2.99. The minimum absolute atomic E-state index is 0.0600. The molecule has 0 bridgehead atoms. The summed E-state index contributed by atoms with van der Waals surface area (Å²) in [5.74, 6) is 0. The van der Waals surface area contributed by atoms with Gasteiger partial charge in [-0.2, -0.15) is 0 Å². The molecule has 0 radical (unpaired) electrons. The van der Waals surface area contributed by atoms with Gasteiger partial charge in [-0.05, 0) is 24.7 Å². The fourth-order valence-electron chi connectivity index (χ4n) is 2.14. The first kappa shape index (κ1) is 14.2. The topological polar surface area (TPSA) is 37.8 Å². The molecule has 3 aromatic rings. The molecule has 0 saturated heterocycles. The molecule has 1 unspecified atom stereocenters. The molecular weight excluding hydrogens is 302 g/mol. The SMILES string of the molecule is CNC(c1ccccc1)c1nnc(-c2ccc(Cl)cc2)s1. The highest BCUT2D eigenvalue weighted by Crippen LogP contribution is 2.30. The van der Waals surface area contributed by atoms with Gasteiger partial charge in [0.05, 0.1) is 6.04 Å². The van der Waals surface area contributed by atoms with Gasteiger partial charge in [-0.1, -0.05) is 65.4 Å². The van der Waals surface area contributed by atoms with Crippen molar-refractivity contribution in [2.45, 2.75) is 6.04 Å². The standard InChI is InChI=1S/C16H14ClN3S/c1-18-14(11-5-3-2-4-6-11)16-20-19-15(21-16)12-7-9-13(17)10-8-12/h2-10,14,18H,1H3. The Morgan fingerprint density at radius 3 is 2.38 bits per heavy atom. The van der Waals surface area contributed by atoms with E-state index in [9.17, 15) is 0 Å². The van der Waals surface area contributed by atoms with Crippen LogP contribution in [0, 0.1) is 0 Å². The first-order valence-electron chi connectivity index (χ1n) is 6.59. The lowest BCUT2D eigenvalue weighted by molar-refractivity contribution is 0.678. The molecule has 21 heavy (non-hydrogen) atoms. The average molecular weight is 316 g/mol. The molecule has 5 heteroatoms. The van der Waals surface area contributed by atoms with E-state index in [0.717, 1.165) is 20.6 Å². The maximum atomic E-state index is 5.91. The molecule has 0 aliphatic carbocycles. The van der Waals surface area contributed by atoms with Crippen molar-refractivity contribution in [1.29, 1.82) is 0 Å². The zero-order chi connectivity index (χ0) is 14.7. The lowest BCUT2D eigenvalue weighted by Gasteiger charge is -2.12. The second-order valence-electron chi connectivity index (χ2n) is 4.58. The van der Waals surface area contributed by atoms with Crippen LogP contribution < -0.4 is 5.32 Å². The number of rotatable bonds is 4. The van der Waals surface area contributed by atoms with Crippen molar-refractivity contribution in [2.24, 2.45) is 0 Å². The predicted molar refractivity (Wildman–Crippen MR) is 87.7 cm³/mol. The monoisotopic (exact) mass is 315 g/mol. The fourth-order valence-corrected chi connectivity index (χ4v) is 3.25. The Labute approximate surface area is 132 Å². The second-order valence-corrected chi connectivity index (χ2v) is 6.03. The van der Waals surface area contributed by atoms with Crippen molar-refractivity contribution in [3.63, 3.8) is 0 Å². The van der Waals surface area contributed by atoms with Gasteiger partial charge in [-0.15, -0.1) is 10.2 Å². The van der Waals surface area contributed by atoms with Gasteiger partial charge in [0.1, 0.15) is 10.0 Å². The lowest BCUT2D eigenvalue weighted by atomic mass is 10.1. The molecule has 3 nitrogen and oxygen atoms in total. The van der Waals surface area contributed by atoms with Crippen molar-refractivity contribution in [3.05, 3.63) is 70.2 Å². The van der Waals surface area contributed by atoms with Crippen LogP contribution in [-0.4, -0.2) is 17.2 Å². The molecule has 0 spiro atoms. The highest BCUT2D eigenvalue weighted by molar-refractivity contribution is 7.14. The Morgan fingerprint density at radius 1 is 1.00 bits per heavy atom. The summed E-state index contributed by atoms with van der Waals surface area (Å²) in [6, 6.07) is 18.0. The smallest absolute Gasteiger partial charge is 0.147 e. The van der Waals surface area contributed by atoms with Crippen LogP contribution in [0.4, 0.5) is 0 Å². The first-order valence-corrected chi connectivity index (χ1v) is 7.79. The van der Waals surface area contributed by atoms with E-state index in [1.807, 2.05) is 49.5 Å². The minimum atomic E-state index is 0.0600. The van der Waals surface area contributed by atoms with E-state index in [0.29, 0.717) is 0 Å². The quantitative estimate of drug-likeness (QED) is 0.785. The second kappa shape index (κ2) is 6.35. The molecule has 3 rings (SSSR count). The van der Waals surface area contributed by atoms with Crippen molar-refractivity contribution in [2.75, 3.05) is 7.05 Å². The number of benzene rings is 2.